The largest absolute Gasteiger partial charge is 0.573 e. The summed E-state index contributed by atoms with van der Waals surface area (Å²) < 4.78 is 41.1. The van der Waals surface area contributed by atoms with Crippen LogP contribution in [0.25, 0.3) is 0 Å². The molecule has 0 aliphatic heterocycles. The van der Waals surface area contributed by atoms with E-state index in [1.807, 2.05) is 13.8 Å². The molecule has 152 valence electrons. The normalized spacial score (nSPS) is 10.9. The van der Waals surface area contributed by atoms with Crippen LogP contribution in [0.15, 0.2) is 30.3 Å². The highest BCUT2D eigenvalue weighted by Crippen LogP contribution is 2.29. The first-order valence-electron chi connectivity index (χ1n) is 8.50. The quantitative estimate of drug-likeness (QED) is 0.509. The number of carbonyl (C=O) groups excluding carboxylic acids is 1. The zero-order chi connectivity index (χ0) is 20.6. The Labute approximate surface area is 159 Å². The molecule has 0 spiro atoms. The van der Waals surface area contributed by atoms with E-state index in [2.05, 4.69) is 36.0 Å². The van der Waals surface area contributed by atoms with E-state index in [0.29, 0.717) is 18.3 Å². The molecule has 0 saturated carbocycles. The predicted octanol–water partition coefficient (Wildman–Crippen LogP) is 3.35. The number of nitrogens with one attached hydrogen (secondary N) is 4. The Balaban J connectivity index is 1.83. The van der Waals surface area contributed by atoms with E-state index in [9.17, 15) is 18.0 Å². The second-order valence-corrected chi connectivity index (χ2v) is 5.60. The van der Waals surface area contributed by atoms with Gasteiger partial charge in [-0.15, -0.1) is 13.2 Å². The first-order chi connectivity index (χ1) is 13.3. The second-order valence-electron chi connectivity index (χ2n) is 5.60. The Kier molecular flexibility index (Phi) is 7.24. The van der Waals surface area contributed by atoms with Crippen molar-refractivity contribution in [3.63, 3.8) is 0 Å². The smallest absolute Gasteiger partial charge is 0.404 e. The van der Waals surface area contributed by atoms with Gasteiger partial charge in [-0.1, -0.05) is 12.1 Å². The van der Waals surface area contributed by atoms with Crippen molar-refractivity contribution in [1.29, 1.82) is 0 Å². The number of amides is 2. The Morgan fingerprint density at radius 2 is 1.89 bits per heavy atom. The number of hydrogen-bond acceptors (Lipinski definition) is 6. The SMILES string of the molecule is CCNc1cc(C)nc(NCCNC(=O)Nc2ccccc2OC(F)(F)F)n1. The van der Waals surface area contributed by atoms with Crippen LogP contribution in [0, 0.1) is 6.92 Å². The van der Waals surface area contributed by atoms with Gasteiger partial charge in [-0.25, -0.2) is 9.78 Å². The van der Waals surface area contributed by atoms with Gasteiger partial charge in [0.25, 0.3) is 0 Å². The molecule has 0 saturated heterocycles. The minimum atomic E-state index is -4.85. The van der Waals surface area contributed by atoms with Crippen LogP contribution in [0.3, 0.4) is 0 Å². The zero-order valence-electron chi connectivity index (χ0n) is 15.4. The van der Waals surface area contributed by atoms with Gasteiger partial charge in [0, 0.05) is 31.4 Å². The fourth-order valence-corrected chi connectivity index (χ4v) is 2.22. The number of ether oxygens (including phenoxy) is 1. The number of aryl methyl sites for hydroxylation is 1. The predicted molar refractivity (Wildman–Crippen MR) is 99.6 cm³/mol. The Hall–Kier alpha value is -3.24. The van der Waals surface area contributed by atoms with Crippen LogP contribution in [-0.4, -0.2) is 42.0 Å². The molecule has 0 fully saturated rings. The lowest BCUT2D eigenvalue weighted by atomic mass is 10.3. The van der Waals surface area contributed by atoms with Crippen molar-refractivity contribution in [2.24, 2.45) is 0 Å². The molecule has 0 bridgehead atoms. The summed E-state index contributed by atoms with van der Waals surface area (Å²) in [5.74, 6) is 0.596. The number of carbonyl (C=O) groups is 1. The molecule has 0 atom stereocenters. The van der Waals surface area contributed by atoms with Crippen LogP contribution in [0.2, 0.25) is 0 Å². The van der Waals surface area contributed by atoms with Crippen LogP contribution in [0.1, 0.15) is 12.6 Å². The Morgan fingerprint density at radius 3 is 2.61 bits per heavy atom. The molecule has 2 amide bonds. The van der Waals surface area contributed by atoms with Crippen molar-refractivity contribution >= 4 is 23.5 Å². The highest BCUT2D eigenvalue weighted by atomic mass is 19.4. The number of rotatable bonds is 8. The monoisotopic (exact) mass is 398 g/mol. The van der Waals surface area contributed by atoms with Crippen LogP contribution in [-0.2, 0) is 0 Å². The van der Waals surface area contributed by atoms with Gasteiger partial charge in [-0.2, -0.15) is 4.98 Å². The van der Waals surface area contributed by atoms with Crippen LogP contribution in [0.4, 0.5) is 35.4 Å². The van der Waals surface area contributed by atoms with Crippen molar-refractivity contribution in [3.8, 4) is 5.75 Å². The molecule has 8 nitrogen and oxygen atoms in total. The van der Waals surface area contributed by atoms with Crippen molar-refractivity contribution in [2.45, 2.75) is 20.2 Å². The highest BCUT2D eigenvalue weighted by Gasteiger charge is 2.32. The van der Waals surface area contributed by atoms with E-state index in [1.165, 1.54) is 18.2 Å². The molecule has 2 aromatic rings. The summed E-state index contributed by atoms with van der Waals surface area (Å²) in [4.78, 5) is 20.4. The number of urea groups is 1. The molecule has 0 radical (unpaired) electrons. The highest BCUT2D eigenvalue weighted by molar-refractivity contribution is 5.90. The summed E-state index contributed by atoms with van der Waals surface area (Å²) in [6.07, 6.45) is -4.85. The minimum Gasteiger partial charge on any atom is -0.404 e. The molecule has 1 aromatic heterocycles. The van der Waals surface area contributed by atoms with Crippen LogP contribution < -0.4 is 26.0 Å². The van der Waals surface area contributed by atoms with Gasteiger partial charge in [0.15, 0.2) is 5.75 Å². The molecule has 0 aliphatic rings. The molecule has 0 aliphatic carbocycles. The minimum absolute atomic E-state index is 0.0948. The molecule has 2 rings (SSSR count). The average Bonchev–Trinajstić information content (AvgIpc) is 2.59. The summed E-state index contributed by atoms with van der Waals surface area (Å²) >= 11 is 0. The fourth-order valence-electron chi connectivity index (χ4n) is 2.22. The number of anilines is 3. The van der Waals surface area contributed by atoms with E-state index in [0.717, 1.165) is 18.3 Å². The maximum Gasteiger partial charge on any atom is 0.573 e. The van der Waals surface area contributed by atoms with Crippen LogP contribution in [0.5, 0.6) is 5.75 Å². The summed E-state index contributed by atoms with van der Waals surface area (Å²) in [6.45, 7) is 5.02. The third kappa shape index (κ3) is 7.17. The summed E-state index contributed by atoms with van der Waals surface area (Å²) in [7, 11) is 0. The zero-order valence-corrected chi connectivity index (χ0v) is 15.4. The maximum atomic E-state index is 12.4. The molecular weight excluding hydrogens is 377 g/mol. The van der Waals surface area contributed by atoms with Crippen LogP contribution >= 0.6 is 0 Å². The standard InChI is InChI=1S/C17H21F3N6O2/c1-3-21-14-10-11(2)24-15(26-14)22-8-9-23-16(27)25-12-6-4-5-7-13(12)28-17(18,19)20/h4-7,10H,3,8-9H2,1-2H3,(H2,23,25,27)(H2,21,22,24,26). The van der Waals surface area contributed by atoms with Gasteiger partial charge < -0.3 is 26.0 Å². The molecule has 11 heteroatoms. The lowest BCUT2D eigenvalue weighted by Crippen LogP contribution is -2.33. The molecule has 28 heavy (non-hydrogen) atoms. The average molecular weight is 398 g/mol. The van der Waals surface area contributed by atoms with Crippen molar-refractivity contribution in [1.82, 2.24) is 15.3 Å². The topological polar surface area (TPSA) is 100 Å². The Morgan fingerprint density at radius 1 is 1.14 bits per heavy atom. The number of para-hydroxylation sites is 2. The molecular formula is C17H21F3N6O2. The number of aromatic nitrogens is 2. The Bertz CT molecular complexity index is 801. The first kappa shape index (κ1) is 21.1. The molecule has 4 N–H and O–H groups in total. The van der Waals surface area contributed by atoms with E-state index in [4.69, 9.17) is 0 Å². The fraction of sp³-hybridized carbons (Fsp3) is 0.353. The van der Waals surface area contributed by atoms with Crippen molar-refractivity contribution in [3.05, 3.63) is 36.0 Å². The first-order valence-corrected chi connectivity index (χ1v) is 8.50. The third-order valence-corrected chi connectivity index (χ3v) is 3.27. The number of benzene rings is 1. The number of halogens is 3. The van der Waals surface area contributed by atoms with E-state index in [-0.39, 0.29) is 12.2 Å². The van der Waals surface area contributed by atoms with E-state index in [1.54, 1.807) is 6.07 Å². The number of nitrogens with zero attached hydrogens (tertiary/aromatic N) is 2. The van der Waals surface area contributed by atoms with Gasteiger partial charge in [0.1, 0.15) is 5.82 Å². The number of alkyl halides is 3. The molecule has 1 heterocycles. The van der Waals surface area contributed by atoms with Gasteiger partial charge >= 0.3 is 12.4 Å². The number of hydrogen-bond donors (Lipinski definition) is 4. The molecule has 0 unspecified atom stereocenters. The lowest BCUT2D eigenvalue weighted by Gasteiger charge is -2.14. The lowest BCUT2D eigenvalue weighted by molar-refractivity contribution is -0.274. The third-order valence-electron chi connectivity index (χ3n) is 3.27. The van der Waals surface area contributed by atoms with Gasteiger partial charge in [-0.3, -0.25) is 0 Å². The molecule has 1 aromatic carbocycles. The van der Waals surface area contributed by atoms with Gasteiger partial charge in [-0.05, 0) is 26.0 Å². The van der Waals surface area contributed by atoms with Crippen molar-refractivity contribution in [2.75, 3.05) is 35.6 Å². The van der Waals surface area contributed by atoms with E-state index < -0.39 is 18.1 Å². The van der Waals surface area contributed by atoms with E-state index >= 15 is 0 Å². The maximum absolute atomic E-state index is 12.4. The summed E-state index contributed by atoms with van der Waals surface area (Å²) in [6, 6.07) is 6.41. The van der Waals surface area contributed by atoms with Crippen molar-refractivity contribution < 1.29 is 22.7 Å². The van der Waals surface area contributed by atoms with Gasteiger partial charge in [0.2, 0.25) is 5.95 Å². The summed E-state index contributed by atoms with van der Waals surface area (Å²) in [5.41, 5.74) is 0.683. The second kappa shape index (κ2) is 9.62. The summed E-state index contributed by atoms with van der Waals surface area (Å²) in [5, 5.41) is 10.9. The van der Waals surface area contributed by atoms with Gasteiger partial charge in [0.05, 0.1) is 5.69 Å².